The Morgan fingerprint density at radius 2 is 2.19 bits per heavy atom. The van der Waals surface area contributed by atoms with Gasteiger partial charge >= 0.3 is 12.0 Å². The van der Waals surface area contributed by atoms with Gasteiger partial charge in [-0.3, -0.25) is 0 Å². The van der Waals surface area contributed by atoms with Gasteiger partial charge in [0.15, 0.2) is 0 Å². The van der Waals surface area contributed by atoms with E-state index in [9.17, 15) is 14.0 Å². The third-order valence-electron chi connectivity index (χ3n) is 2.53. The summed E-state index contributed by atoms with van der Waals surface area (Å²) in [7, 11) is 0. The number of nitrogens with one attached hydrogen (secondary N) is 2. The van der Waals surface area contributed by atoms with Gasteiger partial charge in [0, 0.05) is 16.8 Å². The number of carboxylic acid groups (broad SMARTS) is 1. The Morgan fingerprint density at radius 3 is 2.76 bits per heavy atom. The molecule has 0 radical (unpaired) electrons. The van der Waals surface area contributed by atoms with Crippen LogP contribution in [0.2, 0.25) is 0 Å². The molecule has 0 bridgehead atoms. The number of carbonyl (C=O) groups is 2. The highest BCUT2D eigenvalue weighted by Gasteiger charge is 2.11. The van der Waals surface area contributed by atoms with Crippen molar-refractivity contribution in [1.82, 2.24) is 10.3 Å². The topological polar surface area (TPSA) is 91.3 Å². The minimum atomic E-state index is -1.36. The van der Waals surface area contributed by atoms with Crippen LogP contribution >= 0.6 is 11.3 Å². The van der Waals surface area contributed by atoms with Gasteiger partial charge in [0.2, 0.25) is 0 Å². The summed E-state index contributed by atoms with van der Waals surface area (Å²) in [5.41, 5.74) is -0.274. The van der Waals surface area contributed by atoms with Crippen molar-refractivity contribution in [2.45, 2.75) is 13.5 Å². The molecule has 1 aromatic heterocycles. The average molecular weight is 309 g/mol. The second kappa shape index (κ2) is 6.31. The summed E-state index contributed by atoms with van der Waals surface area (Å²) in [6.07, 6.45) is 1.71. The summed E-state index contributed by atoms with van der Waals surface area (Å²) >= 11 is 1.46. The Bertz CT molecular complexity index is 687. The van der Waals surface area contributed by atoms with Crippen LogP contribution in [0.4, 0.5) is 14.9 Å². The van der Waals surface area contributed by atoms with E-state index in [4.69, 9.17) is 5.11 Å². The number of benzene rings is 1. The quantitative estimate of drug-likeness (QED) is 0.809. The number of urea groups is 1. The zero-order chi connectivity index (χ0) is 15.4. The number of halogens is 1. The Morgan fingerprint density at radius 1 is 1.43 bits per heavy atom. The predicted octanol–water partition coefficient (Wildman–Crippen LogP) is 2.61. The van der Waals surface area contributed by atoms with Gasteiger partial charge in [0.05, 0.1) is 12.1 Å². The van der Waals surface area contributed by atoms with Gasteiger partial charge in [0.25, 0.3) is 0 Å². The number of carbonyl (C=O) groups excluding carboxylic acids is 1. The van der Waals surface area contributed by atoms with Crippen LogP contribution in [0, 0.1) is 12.7 Å². The number of amides is 2. The fourth-order valence-corrected chi connectivity index (χ4v) is 2.31. The molecule has 2 amide bonds. The maximum Gasteiger partial charge on any atom is 0.338 e. The number of thiazole rings is 1. The van der Waals surface area contributed by atoms with E-state index in [0.717, 1.165) is 22.0 Å². The third-order valence-corrected chi connectivity index (χ3v) is 3.44. The largest absolute Gasteiger partial charge is 0.478 e. The lowest BCUT2D eigenvalue weighted by atomic mass is 10.2. The molecule has 0 fully saturated rings. The van der Waals surface area contributed by atoms with Crippen LogP contribution in [-0.2, 0) is 6.54 Å². The number of nitrogens with zero attached hydrogens (tertiary/aromatic N) is 1. The molecule has 0 aliphatic heterocycles. The van der Waals surface area contributed by atoms with Gasteiger partial charge < -0.3 is 15.7 Å². The lowest BCUT2D eigenvalue weighted by Gasteiger charge is -2.07. The zero-order valence-electron chi connectivity index (χ0n) is 11.0. The van der Waals surface area contributed by atoms with Crippen LogP contribution in [-0.4, -0.2) is 22.1 Å². The normalized spacial score (nSPS) is 10.2. The minimum Gasteiger partial charge on any atom is -0.478 e. The van der Waals surface area contributed by atoms with E-state index in [1.807, 2.05) is 6.92 Å². The molecule has 8 heteroatoms. The number of carboxylic acids is 1. The van der Waals surface area contributed by atoms with Crippen LogP contribution in [0.1, 0.15) is 20.2 Å². The smallest absolute Gasteiger partial charge is 0.338 e. The zero-order valence-corrected chi connectivity index (χ0v) is 11.8. The maximum absolute atomic E-state index is 13.4. The monoisotopic (exact) mass is 309 g/mol. The second-order valence-corrected chi connectivity index (χ2v) is 5.49. The highest BCUT2D eigenvalue weighted by Crippen LogP contribution is 2.15. The number of aromatic carboxylic acids is 1. The summed E-state index contributed by atoms with van der Waals surface area (Å²) in [5, 5.41) is 14.5. The van der Waals surface area contributed by atoms with Crippen molar-refractivity contribution in [3.8, 4) is 0 Å². The number of anilines is 1. The molecule has 3 N–H and O–H groups in total. The van der Waals surface area contributed by atoms with Crippen molar-refractivity contribution in [3.05, 3.63) is 45.7 Å². The molecule has 0 spiro atoms. The van der Waals surface area contributed by atoms with Gasteiger partial charge in [-0.15, -0.1) is 11.3 Å². The van der Waals surface area contributed by atoms with E-state index in [1.54, 1.807) is 6.20 Å². The molecule has 6 nitrogen and oxygen atoms in total. The first-order valence-corrected chi connectivity index (χ1v) is 6.76. The Kier molecular flexibility index (Phi) is 4.49. The number of hydrogen-bond donors (Lipinski definition) is 3. The SMILES string of the molecule is Cc1cnc(CNC(=O)Nc2ccc(C(=O)O)c(F)c2)s1. The van der Waals surface area contributed by atoms with Crippen molar-refractivity contribution in [3.63, 3.8) is 0 Å². The molecule has 0 saturated carbocycles. The van der Waals surface area contributed by atoms with E-state index >= 15 is 0 Å². The standard InChI is InChI=1S/C13H12FN3O3S/c1-7-5-15-11(21-7)6-16-13(20)17-8-2-3-9(12(18)19)10(14)4-8/h2-5H,6H2,1H3,(H,18,19)(H2,16,17,20). The highest BCUT2D eigenvalue weighted by molar-refractivity contribution is 7.11. The Labute approximate surface area is 123 Å². The molecule has 110 valence electrons. The molecular weight excluding hydrogens is 297 g/mol. The molecule has 21 heavy (non-hydrogen) atoms. The molecule has 2 aromatic rings. The molecule has 0 aliphatic rings. The lowest BCUT2D eigenvalue weighted by molar-refractivity contribution is 0.0692. The molecule has 0 aliphatic carbocycles. The summed E-state index contributed by atoms with van der Waals surface area (Å²) in [6.45, 7) is 2.17. The van der Waals surface area contributed by atoms with Crippen molar-refractivity contribution >= 4 is 29.0 Å². The minimum absolute atomic E-state index is 0.172. The first-order chi connectivity index (χ1) is 9.95. The van der Waals surface area contributed by atoms with E-state index < -0.39 is 23.4 Å². The highest BCUT2D eigenvalue weighted by atomic mass is 32.1. The van der Waals surface area contributed by atoms with E-state index in [0.29, 0.717) is 0 Å². The molecule has 1 aromatic carbocycles. The average Bonchev–Trinajstić information content (AvgIpc) is 2.82. The third kappa shape index (κ3) is 3.99. The number of aryl methyl sites for hydroxylation is 1. The van der Waals surface area contributed by atoms with Crippen molar-refractivity contribution in [2.24, 2.45) is 0 Å². The van der Waals surface area contributed by atoms with Gasteiger partial charge in [-0.05, 0) is 25.1 Å². The first-order valence-electron chi connectivity index (χ1n) is 5.94. The Hall–Kier alpha value is -2.48. The molecule has 0 saturated heterocycles. The first kappa shape index (κ1) is 14.9. The van der Waals surface area contributed by atoms with E-state index in [1.165, 1.54) is 17.4 Å². The van der Waals surface area contributed by atoms with E-state index in [-0.39, 0.29) is 12.2 Å². The summed E-state index contributed by atoms with van der Waals surface area (Å²) < 4.78 is 13.4. The van der Waals surface area contributed by atoms with Crippen molar-refractivity contribution in [2.75, 3.05) is 5.32 Å². The maximum atomic E-state index is 13.4. The van der Waals surface area contributed by atoms with Gasteiger partial charge in [-0.25, -0.2) is 19.0 Å². The number of hydrogen-bond acceptors (Lipinski definition) is 4. The number of rotatable bonds is 4. The predicted molar refractivity (Wildman–Crippen MR) is 76.1 cm³/mol. The van der Waals surface area contributed by atoms with Crippen LogP contribution in [0.3, 0.4) is 0 Å². The Balaban J connectivity index is 1.93. The molecule has 0 unspecified atom stereocenters. The fraction of sp³-hybridized carbons (Fsp3) is 0.154. The van der Waals surface area contributed by atoms with Crippen molar-refractivity contribution in [1.29, 1.82) is 0 Å². The van der Waals surface area contributed by atoms with Crippen LogP contribution in [0.25, 0.3) is 0 Å². The fourth-order valence-electron chi connectivity index (χ4n) is 1.58. The summed E-state index contributed by atoms with van der Waals surface area (Å²) in [5.74, 6) is -2.27. The summed E-state index contributed by atoms with van der Waals surface area (Å²) in [6, 6.07) is 2.85. The molecule has 2 rings (SSSR count). The molecular formula is C13H12FN3O3S. The van der Waals surface area contributed by atoms with Crippen LogP contribution < -0.4 is 10.6 Å². The lowest BCUT2D eigenvalue weighted by Crippen LogP contribution is -2.28. The number of aromatic nitrogens is 1. The van der Waals surface area contributed by atoms with Gasteiger partial charge in [-0.2, -0.15) is 0 Å². The van der Waals surface area contributed by atoms with Crippen LogP contribution in [0.15, 0.2) is 24.4 Å². The second-order valence-electron chi connectivity index (χ2n) is 4.17. The van der Waals surface area contributed by atoms with Gasteiger partial charge in [-0.1, -0.05) is 0 Å². The molecule has 0 atom stereocenters. The van der Waals surface area contributed by atoms with Gasteiger partial charge in [0.1, 0.15) is 10.8 Å². The summed E-state index contributed by atoms with van der Waals surface area (Å²) in [4.78, 5) is 27.4. The molecule has 1 heterocycles. The van der Waals surface area contributed by atoms with Crippen LogP contribution in [0.5, 0.6) is 0 Å². The van der Waals surface area contributed by atoms with Crippen molar-refractivity contribution < 1.29 is 19.1 Å². The van der Waals surface area contributed by atoms with E-state index in [2.05, 4.69) is 15.6 Å².